The van der Waals surface area contributed by atoms with Gasteiger partial charge in [-0.2, -0.15) is 0 Å². The van der Waals surface area contributed by atoms with Crippen LogP contribution < -0.4 is 0 Å². The Morgan fingerprint density at radius 1 is 1.56 bits per heavy atom. The number of thiol groups is 1. The molecule has 3 nitrogen and oxygen atoms in total. The first-order valence-electron chi connectivity index (χ1n) is 6.00. The highest BCUT2D eigenvalue weighted by atomic mass is 79.9. The van der Waals surface area contributed by atoms with Crippen molar-refractivity contribution in [3.05, 3.63) is 28.2 Å². The van der Waals surface area contributed by atoms with Gasteiger partial charge in [0.05, 0.1) is 5.56 Å². The fraction of sp³-hybridized carbons (Fsp3) is 0.462. The lowest BCUT2D eigenvalue weighted by atomic mass is 10.1. The molecule has 1 N–H and O–H groups in total. The van der Waals surface area contributed by atoms with Crippen LogP contribution >= 0.6 is 28.6 Å². The Kier molecular flexibility index (Phi) is 4.70. The van der Waals surface area contributed by atoms with Crippen molar-refractivity contribution in [1.82, 2.24) is 4.90 Å². The van der Waals surface area contributed by atoms with E-state index in [2.05, 4.69) is 28.6 Å². The summed E-state index contributed by atoms with van der Waals surface area (Å²) in [5.74, 6) is 0.468. The Labute approximate surface area is 121 Å². The zero-order chi connectivity index (χ0) is 13.1. The largest absolute Gasteiger partial charge is 0.396 e. The zero-order valence-electron chi connectivity index (χ0n) is 9.97. The van der Waals surface area contributed by atoms with E-state index in [9.17, 15) is 4.79 Å². The van der Waals surface area contributed by atoms with Gasteiger partial charge in [0.2, 0.25) is 0 Å². The molecule has 1 saturated heterocycles. The lowest BCUT2D eigenvalue weighted by Crippen LogP contribution is -2.29. The molecule has 1 heterocycles. The average Bonchev–Trinajstić information content (AvgIpc) is 2.80. The minimum Gasteiger partial charge on any atom is -0.396 e. The minimum atomic E-state index is 0.0400. The van der Waals surface area contributed by atoms with Crippen LogP contribution in [0.25, 0.3) is 0 Å². The molecule has 1 atom stereocenters. The van der Waals surface area contributed by atoms with Gasteiger partial charge < -0.3 is 10.0 Å². The molecule has 0 aliphatic carbocycles. The quantitative estimate of drug-likeness (QED) is 0.837. The zero-order valence-corrected chi connectivity index (χ0v) is 12.5. The minimum absolute atomic E-state index is 0.0400. The molecule has 0 aromatic heterocycles. The number of carbonyl (C=O) groups is 1. The molecule has 1 fully saturated rings. The van der Waals surface area contributed by atoms with Crippen molar-refractivity contribution in [3.8, 4) is 0 Å². The summed E-state index contributed by atoms with van der Waals surface area (Å²) in [4.78, 5) is 15.0. The number of likely N-dealkylation sites (tertiary alicyclic amines) is 1. The molecule has 18 heavy (non-hydrogen) atoms. The van der Waals surface area contributed by atoms with E-state index in [4.69, 9.17) is 5.11 Å². The van der Waals surface area contributed by atoms with Crippen LogP contribution in [0.4, 0.5) is 0 Å². The summed E-state index contributed by atoms with van der Waals surface area (Å²) in [6.45, 7) is 1.71. The SMILES string of the molecule is O=C(c1cc(S)ccc1Br)N1CCC(CCO)C1. The first-order valence-corrected chi connectivity index (χ1v) is 7.24. The normalized spacial score (nSPS) is 19.3. The smallest absolute Gasteiger partial charge is 0.255 e. The molecule has 1 unspecified atom stereocenters. The van der Waals surface area contributed by atoms with Gasteiger partial charge in [0.1, 0.15) is 0 Å². The Balaban J connectivity index is 2.10. The molecule has 0 spiro atoms. The summed E-state index contributed by atoms with van der Waals surface area (Å²) in [6, 6.07) is 5.48. The lowest BCUT2D eigenvalue weighted by molar-refractivity contribution is 0.0783. The maximum Gasteiger partial charge on any atom is 0.255 e. The molecule has 1 aliphatic rings. The molecular weight excluding hydrogens is 314 g/mol. The summed E-state index contributed by atoms with van der Waals surface area (Å²) in [5.41, 5.74) is 0.659. The van der Waals surface area contributed by atoms with E-state index in [1.54, 1.807) is 6.07 Å². The van der Waals surface area contributed by atoms with E-state index in [0.717, 1.165) is 35.3 Å². The molecule has 2 rings (SSSR count). The average molecular weight is 330 g/mol. The number of halogens is 1. The maximum atomic E-state index is 12.4. The number of aliphatic hydroxyl groups excluding tert-OH is 1. The van der Waals surface area contributed by atoms with Gasteiger partial charge in [-0.25, -0.2) is 0 Å². The second-order valence-corrected chi connectivity index (χ2v) is 5.95. The molecule has 0 saturated carbocycles. The third-order valence-corrected chi connectivity index (χ3v) is 4.26. The van der Waals surface area contributed by atoms with Crippen molar-refractivity contribution in [2.75, 3.05) is 19.7 Å². The number of carbonyl (C=O) groups excluding carboxylic acids is 1. The number of nitrogens with zero attached hydrogens (tertiary/aromatic N) is 1. The van der Waals surface area contributed by atoms with Crippen molar-refractivity contribution in [3.63, 3.8) is 0 Å². The Morgan fingerprint density at radius 3 is 3.06 bits per heavy atom. The fourth-order valence-electron chi connectivity index (χ4n) is 2.28. The van der Waals surface area contributed by atoms with E-state index in [1.165, 1.54) is 0 Å². The van der Waals surface area contributed by atoms with Gasteiger partial charge in [0.15, 0.2) is 0 Å². The number of amides is 1. The van der Waals surface area contributed by atoms with Crippen LogP contribution in [-0.2, 0) is 0 Å². The summed E-state index contributed by atoms with van der Waals surface area (Å²) in [5, 5.41) is 8.93. The van der Waals surface area contributed by atoms with E-state index < -0.39 is 0 Å². The highest BCUT2D eigenvalue weighted by Gasteiger charge is 2.27. The van der Waals surface area contributed by atoms with Crippen LogP contribution in [0.3, 0.4) is 0 Å². The van der Waals surface area contributed by atoms with Gasteiger partial charge in [0.25, 0.3) is 5.91 Å². The first kappa shape index (κ1) is 13.9. The monoisotopic (exact) mass is 329 g/mol. The highest BCUT2D eigenvalue weighted by Crippen LogP contribution is 2.25. The predicted molar refractivity (Wildman–Crippen MR) is 77.1 cm³/mol. The van der Waals surface area contributed by atoms with E-state index in [0.29, 0.717) is 11.5 Å². The van der Waals surface area contributed by atoms with Gasteiger partial charge in [-0.1, -0.05) is 0 Å². The number of rotatable bonds is 3. The van der Waals surface area contributed by atoms with Crippen molar-refractivity contribution < 1.29 is 9.90 Å². The van der Waals surface area contributed by atoms with Crippen molar-refractivity contribution in [2.24, 2.45) is 5.92 Å². The van der Waals surface area contributed by atoms with Crippen molar-refractivity contribution in [1.29, 1.82) is 0 Å². The van der Waals surface area contributed by atoms with Gasteiger partial charge in [-0.15, -0.1) is 12.6 Å². The van der Waals surface area contributed by atoms with Gasteiger partial charge in [0, 0.05) is 29.1 Å². The lowest BCUT2D eigenvalue weighted by Gasteiger charge is -2.17. The van der Waals surface area contributed by atoms with Gasteiger partial charge in [-0.3, -0.25) is 4.79 Å². The van der Waals surface area contributed by atoms with Crippen LogP contribution in [0.5, 0.6) is 0 Å². The highest BCUT2D eigenvalue weighted by molar-refractivity contribution is 9.10. The fourth-order valence-corrected chi connectivity index (χ4v) is 2.90. The van der Waals surface area contributed by atoms with Crippen molar-refractivity contribution >= 4 is 34.5 Å². The number of benzene rings is 1. The summed E-state index contributed by atoms with van der Waals surface area (Å²) < 4.78 is 0.802. The van der Waals surface area contributed by atoms with Crippen LogP contribution in [0.1, 0.15) is 23.2 Å². The van der Waals surface area contributed by atoms with Crippen LogP contribution in [0.15, 0.2) is 27.6 Å². The van der Waals surface area contributed by atoms with E-state index in [-0.39, 0.29) is 12.5 Å². The maximum absolute atomic E-state index is 12.4. The van der Waals surface area contributed by atoms with Crippen LogP contribution in [-0.4, -0.2) is 35.6 Å². The molecular formula is C13H16BrNO2S. The Morgan fingerprint density at radius 2 is 2.33 bits per heavy atom. The van der Waals surface area contributed by atoms with Crippen LogP contribution in [0, 0.1) is 5.92 Å². The van der Waals surface area contributed by atoms with Gasteiger partial charge >= 0.3 is 0 Å². The third kappa shape index (κ3) is 3.08. The second-order valence-electron chi connectivity index (χ2n) is 4.58. The standard InChI is InChI=1S/C13H16BrNO2S/c14-12-2-1-10(18)7-11(12)13(17)15-5-3-9(8-15)4-6-16/h1-2,7,9,16,18H,3-6,8H2. The molecule has 5 heteroatoms. The van der Waals surface area contributed by atoms with E-state index >= 15 is 0 Å². The van der Waals surface area contributed by atoms with Gasteiger partial charge in [-0.05, 0) is 52.9 Å². The Hall–Kier alpha value is -0.520. The molecule has 98 valence electrons. The third-order valence-electron chi connectivity index (χ3n) is 3.29. The Bertz CT molecular complexity index is 453. The predicted octanol–water partition coefficient (Wildman–Crippen LogP) is 2.58. The molecule has 1 aromatic carbocycles. The number of aliphatic hydroxyl groups is 1. The number of hydrogen-bond acceptors (Lipinski definition) is 3. The molecule has 1 aliphatic heterocycles. The molecule has 0 bridgehead atoms. The molecule has 0 radical (unpaired) electrons. The molecule has 1 amide bonds. The summed E-state index contributed by atoms with van der Waals surface area (Å²) in [6.07, 6.45) is 1.75. The second kappa shape index (κ2) is 6.08. The first-order chi connectivity index (χ1) is 8.61. The molecule has 1 aromatic rings. The van der Waals surface area contributed by atoms with E-state index in [1.807, 2.05) is 17.0 Å². The number of hydrogen-bond donors (Lipinski definition) is 2. The van der Waals surface area contributed by atoms with Crippen LogP contribution in [0.2, 0.25) is 0 Å². The van der Waals surface area contributed by atoms with Crippen molar-refractivity contribution in [2.45, 2.75) is 17.7 Å². The summed E-state index contributed by atoms with van der Waals surface area (Å²) >= 11 is 7.67. The summed E-state index contributed by atoms with van der Waals surface area (Å²) in [7, 11) is 0. The topological polar surface area (TPSA) is 40.5 Å².